The van der Waals surface area contributed by atoms with Gasteiger partial charge in [0.15, 0.2) is 5.16 Å². The molecule has 0 spiro atoms. The number of benzene rings is 1. The van der Waals surface area contributed by atoms with Crippen LogP contribution in [0.4, 0.5) is 5.69 Å². The van der Waals surface area contributed by atoms with Crippen LogP contribution in [0.1, 0.15) is 23.8 Å². The van der Waals surface area contributed by atoms with Gasteiger partial charge >= 0.3 is 0 Å². The fourth-order valence-electron chi connectivity index (χ4n) is 3.80. The van der Waals surface area contributed by atoms with Crippen molar-refractivity contribution in [1.29, 1.82) is 0 Å². The number of nitrogens with one attached hydrogen (secondary N) is 1. The Labute approximate surface area is 197 Å². The molecule has 0 saturated heterocycles. The zero-order valence-electron chi connectivity index (χ0n) is 18.1. The van der Waals surface area contributed by atoms with Crippen LogP contribution in [0.5, 0.6) is 0 Å². The molecule has 0 radical (unpaired) electrons. The van der Waals surface area contributed by atoms with E-state index in [9.17, 15) is 9.59 Å². The van der Waals surface area contributed by atoms with Gasteiger partial charge in [0.05, 0.1) is 24.1 Å². The molecule has 10 heteroatoms. The van der Waals surface area contributed by atoms with Crippen LogP contribution in [0.15, 0.2) is 62.4 Å². The summed E-state index contributed by atoms with van der Waals surface area (Å²) in [5, 5.41) is 14.0. The number of anilines is 1. The van der Waals surface area contributed by atoms with Crippen molar-refractivity contribution in [2.75, 3.05) is 11.1 Å². The maximum atomic E-state index is 13.1. The lowest BCUT2D eigenvalue weighted by atomic mass is 10.1. The quantitative estimate of drug-likeness (QED) is 0.349. The summed E-state index contributed by atoms with van der Waals surface area (Å²) in [6.07, 6.45) is 2.41. The van der Waals surface area contributed by atoms with E-state index in [0.717, 1.165) is 28.8 Å². The fraction of sp³-hybridized carbons (Fsp3) is 0.217. The van der Waals surface area contributed by atoms with Gasteiger partial charge in [-0.1, -0.05) is 36.9 Å². The van der Waals surface area contributed by atoms with Crippen molar-refractivity contribution in [1.82, 2.24) is 19.2 Å². The van der Waals surface area contributed by atoms with E-state index in [4.69, 9.17) is 4.42 Å². The molecule has 1 N–H and O–H groups in total. The molecule has 33 heavy (non-hydrogen) atoms. The molecule has 0 aliphatic heterocycles. The molecule has 0 unspecified atom stereocenters. The van der Waals surface area contributed by atoms with E-state index < -0.39 is 0 Å². The van der Waals surface area contributed by atoms with E-state index in [1.165, 1.54) is 23.1 Å². The fourth-order valence-corrected chi connectivity index (χ4v) is 5.37. The second-order valence-electron chi connectivity index (χ2n) is 7.52. The van der Waals surface area contributed by atoms with Crippen LogP contribution in [0, 0.1) is 6.92 Å². The Bertz CT molecular complexity index is 1510. The molecule has 1 amide bonds. The Morgan fingerprint density at radius 2 is 2.09 bits per heavy atom. The number of aromatic nitrogens is 4. The number of fused-ring (bicyclic) bond motifs is 3. The van der Waals surface area contributed by atoms with Crippen molar-refractivity contribution < 1.29 is 9.21 Å². The molecule has 0 aliphatic carbocycles. The lowest BCUT2D eigenvalue weighted by Gasteiger charge is -2.12. The van der Waals surface area contributed by atoms with Gasteiger partial charge in [-0.3, -0.25) is 18.6 Å². The van der Waals surface area contributed by atoms with Crippen molar-refractivity contribution >= 4 is 50.7 Å². The average Bonchev–Trinajstić information content (AvgIpc) is 3.57. The van der Waals surface area contributed by atoms with Crippen molar-refractivity contribution in [3.8, 4) is 0 Å². The molecule has 168 valence electrons. The molecule has 4 heterocycles. The first-order valence-electron chi connectivity index (χ1n) is 10.5. The molecule has 0 saturated carbocycles. The molecular formula is C23H21N5O3S2. The number of nitrogens with zero attached hydrogens (tertiary/aromatic N) is 4. The predicted molar refractivity (Wildman–Crippen MR) is 130 cm³/mol. The third kappa shape index (κ3) is 3.96. The number of hydrogen-bond acceptors (Lipinski definition) is 7. The summed E-state index contributed by atoms with van der Waals surface area (Å²) in [6.45, 7) is 4.30. The van der Waals surface area contributed by atoms with Crippen molar-refractivity contribution in [3.63, 3.8) is 0 Å². The zero-order chi connectivity index (χ0) is 22.9. The van der Waals surface area contributed by atoms with Gasteiger partial charge in [-0.15, -0.1) is 21.5 Å². The van der Waals surface area contributed by atoms with Crippen LogP contribution in [0.3, 0.4) is 0 Å². The van der Waals surface area contributed by atoms with E-state index in [1.54, 1.807) is 16.9 Å². The SMILES string of the molecule is CCc1cccc(C)c1NC(=O)CSc1nnc2n(Cc3ccco3)c(=O)c3sccc3n12. The van der Waals surface area contributed by atoms with Crippen LogP contribution >= 0.6 is 23.1 Å². The number of carbonyl (C=O) groups excluding carboxylic acids is 1. The van der Waals surface area contributed by atoms with Crippen molar-refractivity contribution in [2.45, 2.75) is 32.0 Å². The first-order valence-corrected chi connectivity index (χ1v) is 12.3. The molecular weight excluding hydrogens is 458 g/mol. The van der Waals surface area contributed by atoms with E-state index in [-0.39, 0.29) is 23.8 Å². The lowest BCUT2D eigenvalue weighted by molar-refractivity contribution is -0.113. The number of thiophene rings is 1. The topological polar surface area (TPSA) is 94.4 Å². The molecule has 0 atom stereocenters. The number of carbonyl (C=O) groups is 1. The Balaban J connectivity index is 1.46. The van der Waals surface area contributed by atoms with Crippen LogP contribution < -0.4 is 10.9 Å². The number of para-hydroxylation sites is 1. The first kappa shape index (κ1) is 21.5. The lowest BCUT2D eigenvalue weighted by Crippen LogP contribution is -2.23. The Hall–Kier alpha value is -3.37. The molecule has 5 aromatic rings. The summed E-state index contributed by atoms with van der Waals surface area (Å²) >= 11 is 2.66. The summed E-state index contributed by atoms with van der Waals surface area (Å²) < 4.78 is 9.42. The highest BCUT2D eigenvalue weighted by molar-refractivity contribution is 7.99. The van der Waals surface area contributed by atoms with Crippen LogP contribution in [-0.4, -0.2) is 30.8 Å². The molecule has 8 nitrogen and oxygen atoms in total. The summed E-state index contributed by atoms with van der Waals surface area (Å²) in [4.78, 5) is 25.8. The molecule has 0 fully saturated rings. The van der Waals surface area contributed by atoms with Crippen LogP contribution in [0.2, 0.25) is 0 Å². The Morgan fingerprint density at radius 1 is 1.21 bits per heavy atom. The van der Waals surface area contributed by atoms with Crippen LogP contribution in [0.25, 0.3) is 16.0 Å². The van der Waals surface area contributed by atoms with E-state index in [0.29, 0.717) is 21.4 Å². The van der Waals surface area contributed by atoms with Crippen LogP contribution in [-0.2, 0) is 17.8 Å². The standard InChI is InChI=1S/C23H21N5O3S2/c1-3-15-7-4-6-14(2)19(15)24-18(29)13-33-23-26-25-22-27(12-16-8-5-10-31-16)21(30)20-17(28(22)23)9-11-32-20/h4-11H,3,12-13H2,1-2H3,(H,24,29). The number of aryl methyl sites for hydroxylation is 2. The number of thioether (sulfide) groups is 1. The molecule has 0 aliphatic rings. The molecule has 1 aromatic carbocycles. The first-order chi connectivity index (χ1) is 16.1. The van der Waals surface area contributed by atoms with Gasteiger partial charge in [0.2, 0.25) is 11.7 Å². The predicted octanol–water partition coefficient (Wildman–Crippen LogP) is 4.35. The number of rotatable bonds is 7. The summed E-state index contributed by atoms with van der Waals surface area (Å²) in [7, 11) is 0. The average molecular weight is 480 g/mol. The third-order valence-corrected chi connectivity index (χ3v) is 7.23. The molecule has 5 rings (SSSR count). The normalized spacial score (nSPS) is 11.5. The van der Waals surface area contributed by atoms with Gasteiger partial charge in [-0.05, 0) is 48.1 Å². The minimum absolute atomic E-state index is 0.119. The van der Waals surface area contributed by atoms with Gasteiger partial charge in [0.1, 0.15) is 10.5 Å². The van der Waals surface area contributed by atoms with E-state index >= 15 is 0 Å². The van der Waals surface area contributed by atoms with E-state index in [1.807, 2.05) is 47.0 Å². The zero-order valence-corrected chi connectivity index (χ0v) is 19.7. The summed E-state index contributed by atoms with van der Waals surface area (Å²) in [5.41, 5.74) is 3.59. The van der Waals surface area contributed by atoms with E-state index in [2.05, 4.69) is 22.4 Å². The number of amides is 1. The smallest absolute Gasteiger partial charge is 0.273 e. The minimum atomic E-state index is -0.141. The maximum Gasteiger partial charge on any atom is 0.273 e. The highest BCUT2D eigenvalue weighted by atomic mass is 32.2. The van der Waals surface area contributed by atoms with Gasteiger partial charge in [0, 0.05) is 5.69 Å². The number of hydrogen-bond donors (Lipinski definition) is 1. The van der Waals surface area contributed by atoms with Crippen molar-refractivity contribution in [2.24, 2.45) is 0 Å². The van der Waals surface area contributed by atoms with Crippen molar-refractivity contribution in [3.05, 3.63) is 75.3 Å². The third-order valence-electron chi connectivity index (χ3n) is 5.41. The second-order valence-corrected chi connectivity index (χ2v) is 9.38. The minimum Gasteiger partial charge on any atom is -0.467 e. The Morgan fingerprint density at radius 3 is 2.88 bits per heavy atom. The largest absolute Gasteiger partial charge is 0.467 e. The van der Waals surface area contributed by atoms with Gasteiger partial charge < -0.3 is 9.73 Å². The highest BCUT2D eigenvalue weighted by Crippen LogP contribution is 2.26. The van der Waals surface area contributed by atoms with Gasteiger partial charge in [-0.2, -0.15) is 0 Å². The summed E-state index contributed by atoms with van der Waals surface area (Å²) in [5.74, 6) is 1.11. The molecule has 4 aromatic heterocycles. The second kappa shape index (κ2) is 8.87. The van der Waals surface area contributed by atoms with Gasteiger partial charge in [-0.25, -0.2) is 0 Å². The summed E-state index contributed by atoms with van der Waals surface area (Å²) in [6, 6.07) is 11.5. The Kier molecular flexibility index (Phi) is 5.77. The maximum absolute atomic E-state index is 13.1. The monoisotopic (exact) mass is 479 g/mol. The molecule has 0 bridgehead atoms. The van der Waals surface area contributed by atoms with Gasteiger partial charge in [0.25, 0.3) is 5.56 Å². The highest BCUT2D eigenvalue weighted by Gasteiger charge is 2.19. The number of furan rings is 1.